The Kier molecular flexibility index (Phi) is 6.74. The largest absolute Gasteiger partial charge is 0.507 e. The second-order valence-corrected chi connectivity index (χ2v) is 7.86. The van der Waals surface area contributed by atoms with Gasteiger partial charge in [0, 0.05) is 24.3 Å². The first-order valence-electron chi connectivity index (χ1n) is 10.4. The summed E-state index contributed by atoms with van der Waals surface area (Å²) in [5.41, 5.74) is 0.325. The third kappa shape index (κ3) is 4.45. The van der Waals surface area contributed by atoms with Crippen LogP contribution in [0.2, 0.25) is 0 Å². The monoisotopic (exact) mass is 493 g/mol. The van der Waals surface area contributed by atoms with Gasteiger partial charge < -0.3 is 54.7 Å². The van der Waals surface area contributed by atoms with Crippen LogP contribution in [0.15, 0.2) is 34.7 Å². The highest BCUT2D eigenvalue weighted by Crippen LogP contribution is 2.45. The van der Waals surface area contributed by atoms with E-state index in [1.54, 1.807) is 0 Å². The highest BCUT2D eigenvalue weighted by atomic mass is 16.7. The highest BCUT2D eigenvalue weighted by Gasteiger charge is 2.45. The summed E-state index contributed by atoms with van der Waals surface area (Å²) in [6.07, 6.45) is -7.77. The number of rotatable bonds is 6. The van der Waals surface area contributed by atoms with Crippen LogP contribution in [0.1, 0.15) is 0 Å². The molecule has 0 unspecified atom stereocenters. The van der Waals surface area contributed by atoms with Crippen LogP contribution in [0.25, 0.3) is 22.3 Å². The van der Waals surface area contributed by atoms with E-state index in [2.05, 4.69) is 0 Å². The fourth-order valence-electron chi connectivity index (χ4n) is 3.79. The Hall–Kier alpha value is -3.55. The second kappa shape index (κ2) is 9.60. The number of aromatic hydroxyl groups is 3. The third-order valence-electron chi connectivity index (χ3n) is 5.65. The van der Waals surface area contributed by atoms with Crippen LogP contribution in [0.5, 0.6) is 34.5 Å². The topological polar surface area (TPSA) is 190 Å². The number of phenolic OH excluding ortho intramolecular Hbond substituents is 3. The van der Waals surface area contributed by atoms with Gasteiger partial charge in [-0.05, 0) is 0 Å². The molecule has 188 valence electrons. The first kappa shape index (κ1) is 24.6. The molecule has 3 aromatic rings. The van der Waals surface area contributed by atoms with E-state index in [0.29, 0.717) is 0 Å². The standard InChI is InChI=1S/C23H24O12/c1-31-14-3-9(4-15(32-2)18(14)27)22-16(7-11-12(26)5-10(25)6-13(11)33-22)34-23-21(30)20(29)19(28)17(8-24)35-23/h3-7,17,19-21,23-24,28-30H,8H2,1-2H3,(H2-,25,26,27)/p+1/t17-,19-,20-,21+,23+/m0/s1. The van der Waals surface area contributed by atoms with Crippen LogP contribution in [-0.2, 0) is 4.74 Å². The molecule has 12 heteroatoms. The van der Waals surface area contributed by atoms with Crippen LogP contribution < -0.4 is 14.2 Å². The predicted octanol–water partition coefficient (Wildman–Crippen LogP) is 0.694. The van der Waals surface area contributed by atoms with E-state index in [0.717, 1.165) is 6.07 Å². The van der Waals surface area contributed by atoms with Gasteiger partial charge >= 0.3 is 11.3 Å². The third-order valence-corrected chi connectivity index (χ3v) is 5.65. The second-order valence-electron chi connectivity index (χ2n) is 7.86. The van der Waals surface area contributed by atoms with Gasteiger partial charge in [-0.25, -0.2) is 4.42 Å². The maximum atomic E-state index is 10.4. The summed E-state index contributed by atoms with van der Waals surface area (Å²) < 4.78 is 27.5. The van der Waals surface area contributed by atoms with Crippen molar-refractivity contribution >= 4 is 11.0 Å². The summed E-state index contributed by atoms with van der Waals surface area (Å²) in [5.74, 6) is -0.928. The molecule has 5 atom stereocenters. The average molecular weight is 493 g/mol. The van der Waals surface area contributed by atoms with E-state index in [1.807, 2.05) is 0 Å². The number of fused-ring (bicyclic) bond motifs is 1. The molecule has 1 saturated heterocycles. The van der Waals surface area contributed by atoms with Gasteiger partial charge in [0.2, 0.25) is 17.8 Å². The Bertz CT molecular complexity index is 1200. The molecular formula is C23H25O12+. The van der Waals surface area contributed by atoms with Crippen LogP contribution in [0, 0.1) is 0 Å². The first-order chi connectivity index (χ1) is 16.7. The molecule has 0 saturated carbocycles. The number of ether oxygens (including phenoxy) is 4. The van der Waals surface area contributed by atoms with Gasteiger partial charge in [-0.3, -0.25) is 0 Å². The number of aliphatic hydroxyl groups excluding tert-OH is 4. The molecule has 0 radical (unpaired) electrons. The Balaban J connectivity index is 1.89. The Morgan fingerprint density at radius 3 is 2.11 bits per heavy atom. The first-order valence-corrected chi connectivity index (χ1v) is 10.4. The molecule has 12 nitrogen and oxygen atoms in total. The number of hydrogen-bond donors (Lipinski definition) is 7. The fourth-order valence-corrected chi connectivity index (χ4v) is 3.79. The van der Waals surface area contributed by atoms with Gasteiger partial charge in [-0.2, -0.15) is 0 Å². The lowest BCUT2D eigenvalue weighted by atomic mass is 9.99. The number of aliphatic hydroxyl groups is 4. The van der Waals surface area contributed by atoms with Crippen molar-refractivity contribution in [2.45, 2.75) is 30.7 Å². The smallest absolute Gasteiger partial charge is 0.402 e. The molecule has 0 aliphatic carbocycles. The molecule has 1 fully saturated rings. The lowest BCUT2D eigenvalue weighted by Gasteiger charge is -2.39. The summed E-state index contributed by atoms with van der Waals surface area (Å²) in [7, 11) is 2.66. The van der Waals surface area contributed by atoms with Crippen molar-refractivity contribution in [1.82, 2.24) is 0 Å². The summed E-state index contributed by atoms with van der Waals surface area (Å²) >= 11 is 0. The van der Waals surface area contributed by atoms with Crippen molar-refractivity contribution in [3.05, 3.63) is 30.3 Å². The molecule has 7 N–H and O–H groups in total. The minimum absolute atomic E-state index is 0.0175. The zero-order chi connectivity index (χ0) is 25.4. The average Bonchev–Trinajstić information content (AvgIpc) is 2.84. The van der Waals surface area contributed by atoms with Crippen LogP contribution in [0.4, 0.5) is 0 Å². The van der Waals surface area contributed by atoms with Crippen LogP contribution in [0.3, 0.4) is 0 Å². The number of phenols is 3. The van der Waals surface area contributed by atoms with Crippen molar-refractivity contribution in [2.24, 2.45) is 0 Å². The van der Waals surface area contributed by atoms with E-state index in [4.69, 9.17) is 23.4 Å². The van der Waals surface area contributed by atoms with Crippen LogP contribution in [-0.4, -0.2) is 87.3 Å². The highest BCUT2D eigenvalue weighted by molar-refractivity contribution is 5.88. The maximum Gasteiger partial charge on any atom is 0.402 e. The quantitative estimate of drug-likeness (QED) is 0.238. The maximum absolute atomic E-state index is 10.4. The van der Waals surface area contributed by atoms with Crippen molar-refractivity contribution in [2.75, 3.05) is 20.8 Å². The van der Waals surface area contributed by atoms with Gasteiger partial charge in [0.25, 0.3) is 0 Å². The molecule has 1 aromatic heterocycles. The molecule has 2 aromatic carbocycles. The molecule has 1 aliphatic heterocycles. The van der Waals surface area contributed by atoms with E-state index in [-0.39, 0.29) is 56.8 Å². The summed E-state index contributed by atoms with van der Waals surface area (Å²) in [6, 6.07) is 6.50. The van der Waals surface area contributed by atoms with E-state index < -0.39 is 37.3 Å². The molecule has 0 amide bonds. The van der Waals surface area contributed by atoms with Crippen molar-refractivity contribution < 1.29 is 59.1 Å². The molecule has 2 heterocycles. The molecular weight excluding hydrogens is 468 g/mol. The zero-order valence-corrected chi connectivity index (χ0v) is 18.7. The SMILES string of the molecule is COc1cc(-c2[o+]c3cc(O)cc(O)c3cc2O[C@@H]2O[C@@H](CO)[C@H](O)[C@H](O)[C@H]2O)cc(OC)c1O. The minimum Gasteiger partial charge on any atom is -0.507 e. The molecule has 4 rings (SSSR count). The normalized spacial score (nSPS) is 24.3. The van der Waals surface area contributed by atoms with Gasteiger partial charge in [-0.1, -0.05) is 0 Å². The molecule has 35 heavy (non-hydrogen) atoms. The number of benzene rings is 2. The van der Waals surface area contributed by atoms with Gasteiger partial charge in [-0.15, -0.1) is 0 Å². The summed E-state index contributed by atoms with van der Waals surface area (Å²) in [5, 5.41) is 70.7. The molecule has 0 spiro atoms. The van der Waals surface area contributed by atoms with Crippen molar-refractivity contribution in [3.8, 4) is 45.8 Å². The number of methoxy groups -OCH3 is 2. The predicted molar refractivity (Wildman–Crippen MR) is 119 cm³/mol. The lowest BCUT2D eigenvalue weighted by Crippen LogP contribution is -2.60. The summed E-state index contributed by atoms with van der Waals surface area (Å²) in [4.78, 5) is 0. The molecule has 1 aliphatic rings. The Labute approximate surface area is 198 Å². The van der Waals surface area contributed by atoms with Crippen molar-refractivity contribution in [3.63, 3.8) is 0 Å². The minimum atomic E-state index is -1.71. The van der Waals surface area contributed by atoms with Gasteiger partial charge in [0.15, 0.2) is 11.5 Å². The zero-order valence-electron chi connectivity index (χ0n) is 18.7. The lowest BCUT2D eigenvalue weighted by molar-refractivity contribution is -0.277. The molecule has 0 bridgehead atoms. The van der Waals surface area contributed by atoms with Gasteiger partial charge in [0.05, 0.1) is 32.5 Å². The van der Waals surface area contributed by atoms with Crippen molar-refractivity contribution in [1.29, 1.82) is 0 Å². The van der Waals surface area contributed by atoms with E-state index in [1.165, 1.54) is 38.5 Å². The van der Waals surface area contributed by atoms with E-state index in [9.17, 15) is 35.7 Å². The van der Waals surface area contributed by atoms with Crippen LogP contribution >= 0.6 is 0 Å². The van der Waals surface area contributed by atoms with E-state index >= 15 is 0 Å². The fraction of sp³-hybridized carbons (Fsp3) is 0.348. The Morgan fingerprint density at radius 1 is 0.857 bits per heavy atom. The number of hydrogen-bond acceptors (Lipinski definition) is 11. The Morgan fingerprint density at radius 2 is 1.51 bits per heavy atom. The summed E-state index contributed by atoms with van der Waals surface area (Å²) in [6.45, 7) is -0.661. The van der Waals surface area contributed by atoms with Gasteiger partial charge in [0.1, 0.15) is 41.3 Å².